The van der Waals surface area contributed by atoms with E-state index in [9.17, 15) is 0 Å². The van der Waals surface area contributed by atoms with Crippen LogP contribution in [0.5, 0.6) is 0 Å². The van der Waals surface area contributed by atoms with Gasteiger partial charge in [-0.2, -0.15) is 0 Å². The highest BCUT2D eigenvalue weighted by atomic mass is 79.9. The molecular weight excluding hydrogens is 298 g/mol. The Kier molecular flexibility index (Phi) is 3.36. The summed E-state index contributed by atoms with van der Waals surface area (Å²) in [7, 11) is 0. The fourth-order valence-electron chi connectivity index (χ4n) is 0.959. The van der Waals surface area contributed by atoms with Gasteiger partial charge in [0.25, 0.3) is 0 Å². The first-order valence-corrected chi connectivity index (χ1v) is 5.16. The van der Waals surface area contributed by atoms with Crippen molar-refractivity contribution >= 4 is 37.5 Å². The Bertz CT molecular complexity index is 395. The van der Waals surface area contributed by atoms with Crippen molar-refractivity contribution in [1.29, 1.82) is 0 Å². The minimum atomic E-state index is 0.602. The summed E-state index contributed by atoms with van der Waals surface area (Å²) in [4.78, 5) is 2.76. The third kappa shape index (κ3) is 2.05. The zero-order valence-corrected chi connectivity index (χ0v) is 10.3. The van der Waals surface area contributed by atoms with Crippen LogP contribution in [0.3, 0.4) is 0 Å². The lowest BCUT2D eigenvalue weighted by atomic mass is 10.1. The molecule has 0 N–H and O–H groups in total. The molecule has 68 valence electrons. The molecule has 0 heterocycles. The maximum Gasteiger partial charge on any atom is 0.0662 e. The van der Waals surface area contributed by atoms with Gasteiger partial charge in [0.2, 0.25) is 0 Å². The topological polar surface area (TPSA) is 48.8 Å². The molecule has 0 aliphatic rings. The summed E-state index contributed by atoms with van der Waals surface area (Å²) in [5.74, 6) is 0. The molecular formula is C8H7Br2N3. The van der Waals surface area contributed by atoms with E-state index in [1.807, 2.05) is 19.9 Å². The summed E-state index contributed by atoms with van der Waals surface area (Å²) in [6, 6.07) is 1.93. The van der Waals surface area contributed by atoms with Gasteiger partial charge in [0.1, 0.15) is 0 Å². The molecule has 0 bridgehead atoms. The third-order valence-electron chi connectivity index (χ3n) is 1.84. The fourth-order valence-corrected chi connectivity index (χ4v) is 2.45. The SMILES string of the molecule is Cc1cc(Br)c(N=[N+]=[N-])c(Br)c1C. The Morgan fingerprint density at radius 1 is 1.38 bits per heavy atom. The van der Waals surface area contributed by atoms with Crippen molar-refractivity contribution in [2.24, 2.45) is 5.11 Å². The summed E-state index contributed by atoms with van der Waals surface area (Å²) in [6.07, 6.45) is 0. The van der Waals surface area contributed by atoms with Crippen molar-refractivity contribution in [1.82, 2.24) is 0 Å². The second-order valence-electron chi connectivity index (χ2n) is 2.65. The van der Waals surface area contributed by atoms with Crippen molar-refractivity contribution in [3.8, 4) is 0 Å². The van der Waals surface area contributed by atoms with E-state index in [-0.39, 0.29) is 0 Å². The van der Waals surface area contributed by atoms with Crippen LogP contribution < -0.4 is 0 Å². The monoisotopic (exact) mass is 303 g/mol. The lowest BCUT2D eigenvalue weighted by Gasteiger charge is -2.07. The van der Waals surface area contributed by atoms with Crippen molar-refractivity contribution in [2.75, 3.05) is 0 Å². The number of hydrogen-bond donors (Lipinski definition) is 0. The standard InChI is InChI=1S/C8H7Br2N3/c1-4-3-6(9)8(12-13-11)7(10)5(4)2/h3H,1-2H3. The summed E-state index contributed by atoms with van der Waals surface area (Å²) in [6.45, 7) is 3.98. The molecule has 1 aromatic rings. The molecule has 0 aromatic heterocycles. The minimum absolute atomic E-state index is 0.602. The third-order valence-corrected chi connectivity index (χ3v) is 3.42. The quantitative estimate of drug-likeness (QED) is 0.408. The molecule has 13 heavy (non-hydrogen) atoms. The van der Waals surface area contributed by atoms with Gasteiger partial charge in [-0.3, -0.25) is 0 Å². The number of halogens is 2. The first-order valence-electron chi connectivity index (χ1n) is 3.58. The van der Waals surface area contributed by atoms with E-state index in [2.05, 4.69) is 41.9 Å². The van der Waals surface area contributed by atoms with Gasteiger partial charge in [-0.25, -0.2) is 0 Å². The largest absolute Gasteiger partial charge is 0.0662 e. The highest BCUT2D eigenvalue weighted by Gasteiger charge is 2.08. The van der Waals surface area contributed by atoms with E-state index in [0.717, 1.165) is 20.1 Å². The van der Waals surface area contributed by atoms with Crippen molar-refractivity contribution < 1.29 is 0 Å². The second-order valence-corrected chi connectivity index (χ2v) is 4.30. The zero-order chi connectivity index (χ0) is 10.0. The van der Waals surface area contributed by atoms with Crippen LogP contribution in [0.2, 0.25) is 0 Å². The van der Waals surface area contributed by atoms with Crippen LogP contribution in [0.25, 0.3) is 10.4 Å². The smallest absolute Gasteiger partial charge is 0.0584 e. The number of azide groups is 1. The van der Waals surface area contributed by atoms with E-state index in [0.29, 0.717) is 5.69 Å². The maximum atomic E-state index is 8.35. The second kappa shape index (κ2) is 4.13. The van der Waals surface area contributed by atoms with Crippen LogP contribution in [0.4, 0.5) is 5.69 Å². The lowest BCUT2D eigenvalue weighted by molar-refractivity contribution is 1.28. The Balaban J connectivity index is 3.52. The number of nitrogens with zero attached hydrogens (tertiary/aromatic N) is 3. The Morgan fingerprint density at radius 3 is 2.54 bits per heavy atom. The summed E-state index contributed by atoms with van der Waals surface area (Å²) >= 11 is 6.73. The molecule has 0 aliphatic heterocycles. The van der Waals surface area contributed by atoms with Crippen LogP contribution in [-0.4, -0.2) is 0 Å². The van der Waals surface area contributed by atoms with Gasteiger partial charge in [0.15, 0.2) is 0 Å². The van der Waals surface area contributed by atoms with Gasteiger partial charge < -0.3 is 0 Å². The number of benzene rings is 1. The van der Waals surface area contributed by atoms with Crippen LogP contribution in [0, 0.1) is 13.8 Å². The molecule has 1 rings (SSSR count). The van der Waals surface area contributed by atoms with Crippen LogP contribution >= 0.6 is 31.9 Å². The van der Waals surface area contributed by atoms with Crippen molar-refractivity contribution in [2.45, 2.75) is 13.8 Å². The Labute approximate surface area is 93.0 Å². The average Bonchev–Trinajstić information content (AvgIpc) is 2.09. The van der Waals surface area contributed by atoms with Gasteiger partial charge >= 0.3 is 0 Å². The molecule has 0 saturated carbocycles. The molecule has 0 atom stereocenters. The highest BCUT2D eigenvalue weighted by Crippen LogP contribution is 2.37. The molecule has 0 amide bonds. The summed E-state index contributed by atoms with van der Waals surface area (Å²) in [5.41, 5.74) is 11.2. The van der Waals surface area contributed by atoms with E-state index in [1.54, 1.807) is 0 Å². The fraction of sp³-hybridized carbons (Fsp3) is 0.250. The van der Waals surface area contributed by atoms with Gasteiger partial charge in [0.05, 0.1) is 5.69 Å². The molecule has 0 fully saturated rings. The van der Waals surface area contributed by atoms with Gasteiger partial charge in [0, 0.05) is 13.9 Å². The normalized spacial score (nSPS) is 9.54. The van der Waals surface area contributed by atoms with E-state index in [1.165, 1.54) is 0 Å². The van der Waals surface area contributed by atoms with E-state index < -0.39 is 0 Å². The van der Waals surface area contributed by atoms with Crippen LogP contribution in [0.1, 0.15) is 11.1 Å². The van der Waals surface area contributed by atoms with Gasteiger partial charge in [-0.1, -0.05) is 21.0 Å². The maximum absolute atomic E-state index is 8.35. The first kappa shape index (κ1) is 10.6. The van der Waals surface area contributed by atoms with Crippen LogP contribution in [0.15, 0.2) is 20.1 Å². The number of aryl methyl sites for hydroxylation is 1. The van der Waals surface area contributed by atoms with E-state index >= 15 is 0 Å². The molecule has 5 heteroatoms. The van der Waals surface area contributed by atoms with Crippen molar-refractivity contribution in [3.05, 3.63) is 36.6 Å². The van der Waals surface area contributed by atoms with Crippen LogP contribution in [-0.2, 0) is 0 Å². The molecule has 0 aliphatic carbocycles. The summed E-state index contributed by atoms with van der Waals surface area (Å²) < 4.78 is 1.65. The zero-order valence-electron chi connectivity index (χ0n) is 7.17. The number of rotatable bonds is 1. The van der Waals surface area contributed by atoms with Crippen molar-refractivity contribution in [3.63, 3.8) is 0 Å². The average molecular weight is 305 g/mol. The van der Waals surface area contributed by atoms with Gasteiger partial charge in [-0.05, 0) is 52.5 Å². The molecule has 3 nitrogen and oxygen atoms in total. The highest BCUT2D eigenvalue weighted by molar-refractivity contribution is 9.11. The number of hydrogen-bond acceptors (Lipinski definition) is 1. The minimum Gasteiger partial charge on any atom is -0.0584 e. The molecule has 0 unspecified atom stereocenters. The molecule has 1 aromatic carbocycles. The summed E-state index contributed by atoms with van der Waals surface area (Å²) in [5, 5.41) is 3.59. The van der Waals surface area contributed by atoms with Gasteiger partial charge in [-0.15, -0.1) is 0 Å². The predicted octanol–water partition coefficient (Wildman–Crippen LogP) is 4.77. The lowest BCUT2D eigenvalue weighted by Crippen LogP contribution is -1.83. The Morgan fingerprint density at radius 2 is 2.00 bits per heavy atom. The Hall–Kier alpha value is -0.510. The molecule has 0 radical (unpaired) electrons. The molecule has 0 saturated heterocycles. The predicted molar refractivity (Wildman–Crippen MR) is 60.1 cm³/mol. The first-order chi connectivity index (χ1) is 6.07. The van der Waals surface area contributed by atoms with E-state index in [4.69, 9.17) is 5.53 Å². The molecule has 0 spiro atoms.